The van der Waals surface area contributed by atoms with Crippen LogP contribution in [0.1, 0.15) is 43.4 Å². The quantitative estimate of drug-likeness (QED) is 0.837. The van der Waals surface area contributed by atoms with Crippen molar-refractivity contribution < 1.29 is 9.90 Å². The maximum Gasteiger partial charge on any atom is 0.306 e. The van der Waals surface area contributed by atoms with E-state index in [1.165, 1.54) is 30.5 Å². The van der Waals surface area contributed by atoms with E-state index in [-0.39, 0.29) is 5.92 Å². The van der Waals surface area contributed by atoms with Crippen molar-refractivity contribution in [3.05, 3.63) is 17.6 Å². The normalized spacial score (nSPS) is 20.3. The van der Waals surface area contributed by atoms with Crippen LogP contribution in [0.2, 0.25) is 0 Å². The molecule has 0 aromatic carbocycles. The minimum Gasteiger partial charge on any atom is -0.481 e. The molecule has 108 valence electrons. The first kappa shape index (κ1) is 13.3. The molecule has 1 N–H and O–H groups in total. The average molecular weight is 275 g/mol. The van der Waals surface area contributed by atoms with Gasteiger partial charge in [0.1, 0.15) is 12.1 Å². The first-order valence-electron chi connectivity index (χ1n) is 7.56. The van der Waals surface area contributed by atoms with Gasteiger partial charge in [-0.15, -0.1) is 0 Å². The molecule has 5 nitrogen and oxygen atoms in total. The van der Waals surface area contributed by atoms with Gasteiger partial charge in [-0.05, 0) is 38.5 Å². The van der Waals surface area contributed by atoms with E-state index in [4.69, 9.17) is 5.11 Å². The van der Waals surface area contributed by atoms with Gasteiger partial charge in [-0.2, -0.15) is 0 Å². The van der Waals surface area contributed by atoms with Gasteiger partial charge >= 0.3 is 5.97 Å². The summed E-state index contributed by atoms with van der Waals surface area (Å²) in [6, 6.07) is 0. The van der Waals surface area contributed by atoms with Crippen LogP contribution < -0.4 is 4.90 Å². The summed E-state index contributed by atoms with van der Waals surface area (Å²) in [4.78, 5) is 22.2. The van der Waals surface area contributed by atoms with E-state index >= 15 is 0 Å². The number of hydrogen-bond donors (Lipinski definition) is 1. The van der Waals surface area contributed by atoms with Crippen molar-refractivity contribution in [2.24, 2.45) is 5.92 Å². The molecule has 1 fully saturated rings. The minimum absolute atomic E-state index is 0.188. The fourth-order valence-corrected chi connectivity index (χ4v) is 3.29. The zero-order valence-corrected chi connectivity index (χ0v) is 11.7. The molecule has 1 aliphatic heterocycles. The van der Waals surface area contributed by atoms with Gasteiger partial charge in [0.05, 0.1) is 5.92 Å². The topological polar surface area (TPSA) is 66.3 Å². The number of carboxylic acids is 1. The van der Waals surface area contributed by atoms with Crippen LogP contribution >= 0.6 is 0 Å². The third-order valence-electron chi connectivity index (χ3n) is 4.50. The van der Waals surface area contributed by atoms with Gasteiger partial charge < -0.3 is 10.0 Å². The maximum absolute atomic E-state index is 11.0. The molecule has 0 radical (unpaired) electrons. The van der Waals surface area contributed by atoms with E-state index in [1.54, 1.807) is 6.33 Å². The van der Waals surface area contributed by atoms with Crippen molar-refractivity contribution in [1.29, 1.82) is 0 Å². The predicted molar refractivity (Wildman–Crippen MR) is 75.9 cm³/mol. The molecule has 1 saturated heterocycles. The number of nitrogens with zero attached hydrogens (tertiary/aromatic N) is 3. The van der Waals surface area contributed by atoms with Crippen molar-refractivity contribution in [2.75, 3.05) is 18.0 Å². The van der Waals surface area contributed by atoms with Crippen LogP contribution in [0.5, 0.6) is 0 Å². The summed E-state index contributed by atoms with van der Waals surface area (Å²) in [5.41, 5.74) is 2.51. The summed E-state index contributed by atoms with van der Waals surface area (Å²) < 4.78 is 0. The van der Waals surface area contributed by atoms with E-state index in [9.17, 15) is 4.79 Å². The van der Waals surface area contributed by atoms with Crippen LogP contribution in [0.25, 0.3) is 0 Å². The molecule has 0 amide bonds. The molecule has 2 heterocycles. The first-order chi connectivity index (χ1) is 9.75. The number of hydrogen-bond acceptors (Lipinski definition) is 4. The molecule has 1 aliphatic carbocycles. The number of aliphatic carboxylic acids is 1. The zero-order valence-electron chi connectivity index (χ0n) is 11.7. The van der Waals surface area contributed by atoms with Gasteiger partial charge in [0, 0.05) is 24.3 Å². The summed E-state index contributed by atoms with van der Waals surface area (Å²) >= 11 is 0. The molecular formula is C15H21N3O2. The van der Waals surface area contributed by atoms with Crippen molar-refractivity contribution in [2.45, 2.75) is 44.9 Å². The highest BCUT2D eigenvalue weighted by molar-refractivity contribution is 5.70. The third kappa shape index (κ3) is 2.62. The van der Waals surface area contributed by atoms with E-state index in [1.807, 2.05) is 0 Å². The second kappa shape index (κ2) is 5.77. The number of aromatic nitrogens is 2. The monoisotopic (exact) mass is 275 g/mol. The summed E-state index contributed by atoms with van der Waals surface area (Å²) in [6.07, 6.45) is 8.90. The molecule has 0 atom stereocenters. The largest absolute Gasteiger partial charge is 0.481 e. The summed E-state index contributed by atoms with van der Waals surface area (Å²) in [5.74, 6) is 0.207. The Balaban J connectivity index is 1.79. The SMILES string of the molecule is O=C(O)C1CCN(c2ncnc3c2CCCCC3)CC1. The summed E-state index contributed by atoms with van der Waals surface area (Å²) in [5, 5.41) is 9.08. The number of fused-ring (bicyclic) bond motifs is 1. The highest BCUT2D eigenvalue weighted by Gasteiger charge is 2.27. The molecule has 0 spiro atoms. The van der Waals surface area contributed by atoms with Gasteiger partial charge in [0.25, 0.3) is 0 Å². The Morgan fingerprint density at radius 2 is 1.90 bits per heavy atom. The fourth-order valence-electron chi connectivity index (χ4n) is 3.29. The Labute approximate surface area is 119 Å². The van der Waals surface area contributed by atoms with Gasteiger partial charge in [0.2, 0.25) is 0 Å². The van der Waals surface area contributed by atoms with E-state index in [0.29, 0.717) is 12.8 Å². The Morgan fingerprint density at radius 1 is 1.15 bits per heavy atom. The maximum atomic E-state index is 11.0. The minimum atomic E-state index is -0.661. The Morgan fingerprint density at radius 3 is 2.65 bits per heavy atom. The molecule has 3 rings (SSSR count). The van der Waals surface area contributed by atoms with E-state index < -0.39 is 5.97 Å². The lowest BCUT2D eigenvalue weighted by Gasteiger charge is -2.32. The number of anilines is 1. The van der Waals surface area contributed by atoms with Crippen molar-refractivity contribution in [3.63, 3.8) is 0 Å². The summed E-state index contributed by atoms with van der Waals surface area (Å²) in [7, 11) is 0. The molecule has 0 saturated carbocycles. The standard InChI is InChI=1S/C15H21N3O2/c19-15(20)11-6-8-18(9-7-11)14-12-4-2-1-3-5-13(12)16-10-17-14/h10-11H,1-9H2,(H,19,20). The molecule has 0 unspecified atom stereocenters. The first-order valence-corrected chi connectivity index (χ1v) is 7.56. The smallest absolute Gasteiger partial charge is 0.306 e. The molecule has 1 aromatic heterocycles. The Bertz CT molecular complexity index is 496. The van der Waals surface area contributed by atoms with Gasteiger partial charge in [-0.25, -0.2) is 9.97 Å². The Hall–Kier alpha value is -1.65. The van der Waals surface area contributed by atoms with Crippen molar-refractivity contribution in [1.82, 2.24) is 9.97 Å². The van der Waals surface area contributed by atoms with Crippen LogP contribution in [0, 0.1) is 5.92 Å². The van der Waals surface area contributed by atoms with Crippen molar-refractivity contribution >= 4 is 11.8 Å². The van der Waals surface area contributed by atoms with Crippen molar-refractivity contribution in [3.8, 4) is 0 Å². The lowest BCUT2D eigenvalue weighted by molar-refractivity contribution is -0.142. The number of aryl methyl sites for hydroxylation is 1. The van der Waals surface area contributed by atoms with Crippen LogP contribution in [0.3, 0.4) is 0 Å². The van der Waals surface area contributed by atoms with Gasteiger partial charge in [-0.1, -0.05) is 6.42 Å². The lowest BCUT2D eigenvalue weighted by atomic mass is 9.96. The second-order valence-corrected chi connectivity index (χ2v) is 5.78. The molecular weight excluding hydrogens is 254 g/mol. The fraction of sp³-hybridized carbons (Fsp3) is 0.667. The number of carbonyl (C=O) groups is 1. The lowest BCUT2D eigenvalue weighted by Crippen LogP contribution is -2.37. The third-order valence-corrected chi connectivity index (χ3v) is 4.50. The zero-order chi connectivity index (χ0) is 13.9. The molecule has 20 heavy (non-hydrogen) atoms. The highest BCUT2D eigenvalue weighted by Crippen LogP contribution is 2.29. The highest BCUT2D eigenvalue weighted by atomic mass is 16.4. The molecule has 2 aliphatic rings. The number of piperidine rings is 1. The van der Waals surface area contributed by atoms with Crippen LogP contribution in [0.4, 0.5) is 5.82 Å². The predicted octanol–water partition coefficient (Wildman–Crippen LogP) is 2.05. The average Bonchev–Trinajstić information content (AvgIpc) is 2.72. The Kier molecular flexibility index (Phi) is 3.85. The number of carboxylic acid groups (broad SMARTS) is 1. The second-order valence-electron chi connectivity index (χ2n) is 5.78. The van der Waals surface area contributed by atoms with Gasteiger partial charge in [-0.3, -0.25) is 4.79 Å². The summed E-state index contributed by atoms with van der Waals surface area (Å²) in [6.45, 7) is 1.58. The molecule has 5 heteroatoms. The molecule has 1 aromatic rings. The van der Waals surface area contributed by atoms with Gasteiger partial charge in [0.15, 0.2) is 0 Å². The molecule has 0 bridgehead atoms. The van der Waals surface area contributed by atoms with Crippen LogP contribution in [0.15, 0.2) is 6.33 Å². The van der Waals surface area contributed by atoms with E-state index in [0.717, 1.165) is 31.7 Å². The van der Waals surface area contributed by atoms with E-state index in [2.05, 4.69) is 14.9 Å². The van der Waals surface area contributed by atoms with Crippen LogP contribution in [-0.4, -0.2) is 34.1 Å². The number of rotatable bonds is 2. The van der Waals surface area contributed by atoms with Crippen LogP contribution in [-0.2, 0) is 17.6 Å².